The topological polar surface area (TPSA) is 64.6 Å². The van der Waals surface area contributed by atoms with Gasteiger partial charge in [-0.3, -0.25) is 4.79 Å². The standard InChI is InChI=1S/C18H17NO4/c1-22-15-10-8-13(9-11-15)12-16(18(21)23-2)19-17(20)14-6-4-3-5-7-14/h3-12H,1-2H3,(H,19,20)/b16-12+. The largest absolute Gasteiger partial charge is 0.497 e. The summed E-state index contributed by atoms with van der Waals surface area (Å²) in [6.45, 7) is 0. The van der Waals surface area contributed by atoms with Crippen molar-refractivity contribution in [1.29, 1.82) is 0 Å². The average Bonchev–Trinajstić information content (AvgIpc) is 2.61. The number of nitrogens with one attached hydrogen (secondary N) is 1. The van der Waals surface area contributed by atoms with Crippen LogP contribution in [0.1, 0.15) is 15.9 Å². The lowest BCUT2D eigenvalue weighted by molar-refractivity contribution is -0.136. The minimum absolute atomic E-state index is 0.0616. The SMILES string of the molecule is COC(=O)/C(=C\c1ccc(OC)cc1)NC(=O)c1ccccc1. The van der Waals surface area contributed by atoms with Crippen LogP contribution in [0.3, 0.4) is 0 Å². The predicted octanol–water partition coefficient (Wildman–Crippen LogP) is 2.64. The Morgan fingerprint density at radius 3 is 2.17 bits per heavy atom. The molecule has 0 heterocycles. The van der Waals surface area contributed by atoms with E-state index in [0.717, 1.165) is 5.56 Å². The number of hydrogen-bond acceptors (Lipinski definition) is 4. The highest BCUT2D eigenvalue weighted by atomic mass is 16.5. The summed E-state index contributed by atoms with van der Waals surface area (Å²) in [5, 5.41) is 2.58. The number of amides is 1. The molecule has 0 saturated carbocycles. The van der Waals surface area contributed by atoms with Crippen molar-refractivity contribution in [2.75, 3.05) is 14.2 Å². The molecule has 5 nitrogen and oxygen atoms in total. The number of methoxy groups -OCH3 is 2. The van der Waals surface area contributed by atoms with E-state index in [9.17, 15) is 9.59 Å². The van der Waals surface area contributed by atoms with E-state index >= 15 is 0 Å². The van der Waals surface area contributed by atoms with Crippen molar-refractivity contribution in [2.45, 2.75) is 0 Å². The van der Waals surface area contributed by atoms with Crippen LogP contribution in [0.5, 0.6) is 5.75 Å². The Labute approximate surface area is 134 Å². The quantitative estimate of drug-likeness (QED) is 0.681. The van der Waals surface area contributed by atoms with E-state index in [4.69, 9.17) is 9.47 Å². The van der Waals surface area contributed by atoms with Crippen molar-refractivity contribution in [3.05, 3.63) is 71.4 Å². The van der Waals surface area contributed by atoms with E-state index in [2.05, 4.69) is 5.32 Å². The molecule has 5 heteroatoms. The molecule has 2 aromatic rings. The van der Waals surface area contributed by atoms with Gasteiger partial charge in [0.2, 0.25) is 0 Å². The number of ether oxygens (including phenoxy) is 2. The predicted molar refractivity (Wildman–Crippen MR) is 86.9 cm³/mol. The number of benzene rings is 2. The van der Waals surface area contributed by atoms with Crippen LogP contribution in [0.4, 0.5) is 0 Å². The maximum atomic E-state index is 12.2. The zero-order valence-electron chi connectivity index (χ0n) is 12.9. The first-order valence-corrected chi connectivity index (χ1v) is 6.94. The molecule has 23 heavy (non-hydrogen) atoms. The van der Waals surface area contributed by atoms with Crippen LogP contribution in [0.25, 0.3) is 6.08 Å². The van der Waals surface area contributed by atoms with Gasteiger partial charge in [-0.25, -0.2) is 4.79 Å². The Bertz CT molecular complexity index is 706. The Hall–Kier alpha value is -3.08. The maximum absolute atomic E-state index is 12.2. The van der Waals surface area contributed by atoms with E-state index in [1.54, 1.807) is 61.7 Å². The van der Waals surface area contributed by atoms with E-state index in [1.807, 2.05) is 6.07 Å². The number of carbonyl (C=O) groups is 2. The summed E-state index contributed by atoms with van der Waals surface area (Å²) in [5.41, 5.74) is 1.25. The highest BCUT2D eigenvalue weighted by molar-refractivity contribution is 6.03. The zero-order valence-corrected chi connectivity index (χ0v) is 12.9. The van der Waals surface area contributed by atoms with E-state index in [0.29, 0.717) is 11.3 Å². The summed E-state index contributed by atoms with van der Waals surface area (Å²) in [4.78, 5) is 24.1. The smallest absolute Gasteiger partial charge is 0.354 e. The van der Waals surface area contributed by atoms with Gasteiger partial charge in [-0.1, -0.05) is 30.3 Å². The summed E-state index contributed by atoms with van der Waals surface area (Å²) in [6.07, 6.45) is 1.55. The lowest BCUT2D eigenvalue weighted by atomic mass is 10.1. The van der Waals surface area contributed by atoms with Gasteiger partial charge in [-0.15, -0.1) is 0 Å². The fourth-order valence-corrected chi connectivity index (χ4v) is 1.91. The molecule has 1 N–H and O–H groups in total. The average molecular weight is 311 g/mol. The van der Waals surface area contributed by atoms with Crippen LogP contribution in [0.15, 0.2) is 60.3 Å². The second kappa shape index (κ2) is 7.79. The molecule has 0 spiro atoms. The molecule has 0 aliphatic heterocycles. The van der Waals surface area contributed by atoms with E-state index in [1.165, 1.54) is 7.11 Å². The van der Waals surface area contributed by atoms with E-state index < -0.39 is 5.97 Å². The molecule has 0 saturated heterocycles. The Kier molecular flexibility index (Phi) is 5.52. The molecule has 0 fully saturated rings. The van der Waals surface area contributed by atoms with Crippen LogP contribution in [0.2, 0.25) is 0 Å². The zero-order chi connectivity index (χ0) is 16.7. The molecule has 0 unspecified atom stereocenters. The fourth-order valence-electron chi connectivity index (χ4n) is 1.91. The molecule has 0 radical (unpaired) electrons. The maximum Gasteiger partial charge on any atom is 0.354 e. The Balaban J connectivity index is 2.24. The number of rotatable bonds is 5. The third-order valence-corrected chi connectivity index (χ3v) is 3.12. The molecular formula is C18H17NO4. The van der Waals surface area contributed by atoms with E-state index in [-0.39, 0.29) is 11.6 Å². The van der Waals surface area contributed by atoms with Gasteiger partial charge in [0.25, 0.3) is 5.91 Å². The number of esters is 1. The van der Waals surface area contributed by atoms with Crippen LogP contribution < -0.4 is 10.1 Å². The first-order valence-electron chi connectivity index (χ1n) is 6.94. The molecule has 1 amide bonds. The second-order valence-corrected chi connectivity index (χ2v) is 4.64. The van der Waals surface area contributed by atoms with Gasteiger partial charge < -0.3 is 14.8 Å². The highest BCUT2D eigenvalue weighted by Gasteiger charge is 2.14. The van der Waals surface area contributed by atoms with Crippen molar-refractivity contribution in [2.24, 2.45) is 0 Å². The van der Waals surface area contributed by atoms with Gasteiger partial charge in [-0.2, -0.15) is 0 Å². The van der Waals surface area contributed by atoms with Crippen molar-refractivity contribution in [1.82, 2.24) is 5.32 Å². The molecule has 2 rings (SSSR count). The summed E-state index contributed by atoms with van der Waals surface area (Å²) < 4.78 is 9.80. The minimum Gasteiger partial charge on any atom is -0.497 e. The Morgan fingerprint density at radius 1 is 0.957 bits per heavy atom. The van der Waals surface area contributed by atoms with Gasteiger partial charge in [0.1, 0.15) is 11.4 Å². The van der Waals surface area contributed by atoms with Crippen molar-refractivity contribution in [3.63, 3.8) is 0 Å². The van der Waals surface area contributed by atoms with Crippen LogP contribution >= 0.6 is 0 Å². The molecule has 0 bridgehead atoms. The monoisotopic (exact) mass is 311 g/mol. The van der Waals surface area contributed by atoms with Gasteiger partial charge >= 0.3 is 5.97 Å². The first-order chi connectivity index (χ1) is 11.1. The normalized spacial score (nSPS) is 10.8. The van der Waals surface area contributed by atoms with Crippen molar-refractivity contribution in [3.8, 4) is 5.75 Å². The summed E-state index contributed by atoms with van der Waals surface area (Å²) in [5.74, 6) is -0.295. The molecule has 118 valence electrons. The summed E-state index contributed by atoms with van der Waals surface area (Å²) >= 11 is 0. The van der Waals surface area contributed by atoms with Gasteiger partial charge in [0.05, 0.1) is 14.2 Å². The van der Waals surface area contributed by atoms with Crippen LogP contribution in [0, 0.1) is 0 Å². The number of carbonyl (C=O) groups excluding carboxylic acids is 2. The van der Waals surface area contributed by atoms with Gasteiger partial charge in [0, 0.05) is 5.56 Å². The van der Waals surface area contributed by atoms with Crippen molar-refractivity contribution >= 4 is 18.0 Å². The molecule has 0 aromatic heterocycles. The van der Waals surface area contributed by atoms with Crippen molar-refractivity contribution < 1.29 is 19.1 Å². The van der Waals surface area contributed by atoms with Gasteiger partial charge in [-0.05, 0) is 35.9 Å². The summed E-state index contributed by atoms with van der Waals surface area (Å²) in [6, 6.07) is 15.7. The van der Waals surface area contributed by atoms with Gasteiger partial charge in [0.15, 0.2) is 0 Å². The van der Waals surface area contributed by atoms with Crippen LogP contribution in [-0.4, -0.2) is 26.1 Å². The second-order valence-electron chi connectivity index (χ2n) is 4.64. The third kappa shape index (κ3) is 4.44. The Morgan fingerprint density at radius 2 is 1.61 bits per heavy atom. The molecule has 0 atom stereocenters. The molecule has 2 aromatic carbocycles. The summed E-state index contributed by atoms with van der Waals surface area (Å²) in [7, 11) is 2.84. The third-order valence-electron chi connectivity index (χ3n) is 3.12. The lowest BCUT2D eigenvalue weighted by Crippen LogP contribution is -2.28. The molecule has 0 aliphatic carbocycles. The van der Waals surface area contributed by atoms with Crippen LogP contribution in [-0.2, 0) is 9.53 Å². The number of hydrogen-bond donors (Lipinski definition) is 1. The highest BCUT2D eigenvalue weighted by Crippen LogP contribution is 2.14. The minimum atomic E-state index is -0.620. The molecule has 0 aliphatic rings. The first kappa shape index (κ1) is 16.3. The lowest BCUT2D eigenvalue weighted by Gasteiger charge is -2.08. The fraction of sp³-hybridized carbons (Fsp3) is 0.111. The molecular weight excluding hydrogens is 294 g/mol.